The molecule has 6 rings (SSSR count). The number of carbonyl (C=O) groups excluding carboxylic acids is 1. The fourth-order valence-electron chi connectivity index (χ4n) is 6.53. The van der Waals surface area contributed by atoms with E-state index in [0.29, 0.717) is 11.9 Å². The van der Waals surface area contributed by atoms with Crippen LogP contribution in [-0.2, 0) is 4.79 Å². The van der Waals surface area contributed by atoms with Gasteiger partial charge in [-0.2, -0.15) is 0 Å². The lowest BCUT2D eigenvalue weighted by Gasteiger charge is -2.55. The number of hydrogen-bond donors (Lipinski definition) is 1. The molecule has 1 atom stereocenters. The molecule has 0 aromatic heterocycles. The highest BCUT2D eigenvalue weighted by Crippen LogP contribution is 2.60. The van der Waals surface area contributed by atoms with Gasteiger partial charge in [-0.1, -0.05) is 12.1 Å². The molecule has 1 aromatic carbocycles. The summed E-state index contributed by atoms with van der Waals surface area (Å²) in [7, 11) is 0. The van der Waals surface area contributed by atoms with Crippen molar-refractivity contribution >= 4 is 27.5 Å². The molecule has 4 saturated carbocycles. The van der Waals surface area contributed by atoms with E-state index in [1.54, 1.807) is 0 Å². The Morgan fingerprint density at radius 1 is 1.08 bits per heavy atom. The highest BCUT2D eigenvalue weighted by molar-refractivity contribution is 9.10. The summed E-state index contributed by atoms with van der Waals surface area (Å²) in [6.07, 6.45) is 8.71. The lowest BCUT2D eigenvalue weighted by atomic mass is 9.49. The van der Waals surface area contributed by atoms with Crippen molar-refractivity contribution in [1.82, 2.24) is 5.32 Å². The first-order chi connectivity index (χ1) is 12.1. The van der Waals surface area contributed by atoms with Crippen molar-refractivity contribution in [2.45, 2.75) is 51.0 Å². The van der Waals surface area contributed by atoms with Gasteiger partial charge in [0.2, 0.25) is 5.91 Å². The number of halogens is 1. The number of para-hydroxylation sites is 1. The van der Waals surface area contributed by atoms with Gasteiger partial charge in [-0.05, 0) is 90.8 Å². The van der Waals surface area contributed by atoms with E-state index in [4.69, 9.17) is 0 Å². The molecule has 0 radical (unpaired) electrons. The lowest BCUT2D eigenvalue weighted by molar-refractivity contribution is -0.146. The smallest absolute Gasteiger partial charge is 0.226 e. The second-order valence-corrected chi connectivity index (χ2v) is 9.91. The number of nitrogens with zero attached hydrogens (tertiary/aromatic N) is 1. The Morgan fingerprint density at radius 3 is 2.36 bits per heavy atom. The average molecular weight is 403 g/mol. The normalized spacial score (nSPS) is 39.0. The summed E-state index contributed by atoms with van der Waals surface area (Å²) >= 11 is 3.66. The zero-order chi connectivity index (χ0) is 17.0. The van der Waals surface area contributed by atoms with E-state index < -0.39 is 0 Å². The van der Waals surface area contributed by atoms with Crippen LogP contribution in [-0.4, -0.2) is 25.0 Å². The molecule has 0 spiro atoms. The van der Waals surface area contributed by atoms with Gasteiger partial charge in [0.05, 0.1) is 5.69 Å². The summed E-state index contributed by atoms with van der Waals surface area (Å²) in [5.41, 5.74) is 1.23. The molecule has 25 heavy (non-hydrogen) atoms. The number of hydrogen-bond acceptors (Lipinski definition) is 2. The van der Waals surface area contributed by atoms with Crippen molar-refractivity contribution in [2.24, 2.45) is 23.2 Å². The van der Waals surface area contributed by atoms with Crippen LogP contribution >= 0.6 is 15.9 Å². The molecular weight excluding hydrogens is 376 g/mol. The Balaban J connectivity index is 1.26. The molecule has 5 aliphatic rings. The third kappa shape index (κ3) is 2.81. The van der Waals surface area contributed by atoms with Crippen LogP contribution in [0.2, 0.25) is 0 Å². The van der Waals surface area contributed by atoms with Crippen LogP contribution in [0.15, 0.2) is 28.7 Å². The van der Waals surface area contributed by atoms with Crippen LogP contribution in [0, 0.1) is 23.2 Å². The number of rotatable bonds is 3. The quantitative estimate of drug-likeness (QED) is 0.814. The molecule has 1 amide bonds. The van der Waals surface area contributed by atoms with Gasteiger partial charge in [0.25, 0.3) is 0 Å². The first-order valence-electron chi connectivity index (χ1n) is 9.92. The monoisotopic (exact) mass is 402 g/mol. The second kappa shape index (κ2) is 6.00. The van der Waals surface area contributed by atoms with E-state index in [0.717, 1.165) is 61.0 Å². The molecule has 3 nitrogen and oxygen atoms in total. The highest BCUT2D eigenvalue weighted by Gasteiger charge is 2.54. The third-order valence-electron chi connectivity index (χ3n) is 7.24. The molecule has 1 aromatic rings. The average Bonchev–Trinajstić information content (AvgIpc) is 3.02. The number of amides is 1. The largest absolute Gasteiger partial charge is 0.368 e. The number of nitrogens with one attached hydrogen (secondary N) is 1. The van der Waals surface area contributed by atoms with Crippen LogP contribution in [0.3, 0.4) is 0 Å². The van der Waals surface area contributed by atoms with Crippen molar-refractivity contribution in [3.05, 3.63) is 28.7 Å². The van der Waals surface area contributed by atoms with Crippen LogP contribution in [0.4, 0.5) is 5.69 Å². The summed E-state index contributed by atoms with van der Waals surface area (Å²) in [4.78, 5) is 15.6. The van der Waals surface area contributed by atoms with Crippen LogP contribution in [0.5, 0.6) is 0 Å². The number of benzene rings is 1. The molecule has 5 fully saturated rings. The molecule has 1 heterocycles. The van der Waals surface area contributed by atoms with Crippen molar-refractivity contribution < 1.29 is 4.79 Å². The summed E-state index contributed by atoms with van der Waals surface area (Å²) in [5, 5.41) is 3.46. The van der Waals surface area contributed by atoms with Crippen LogP contribution < -0.4 is 10.2 Å². The van der Waals surface area contributed by atoms with Gasteiger partial charge in [0, 0.05) is 29.0 Å². The minimum absolute atomic E-state index is 0.0184. The molecular formula is C21H27BrN2O. The van der Waals surface area contributed by atoms with E-state index >= 15 is 0 Å². The van der Waals surface area contributed by atoms with Crippen molar-refractivity contribution in [3.63, 3.8) is 0 Å². The Hall–Kier alpha value is -1.03. The number of carbonyl (C=O) groups is 1. The molecule has 1 unspecified atom stereocenters. The third-order valence-corrected chi connectivity index (χ3v) is 7.91. The molecule has 4 heteroatoms. The standard InChI is InChI=1S/C21H27BrN2O/c22-18-3-1-2-4-19(18)24-6-5-17(13-24)23-20(25)21-10-14-7-15(11-21)9-16(8-14)12-21/h1-4,14-17H,5-13H2,(H,23,25). The van der Waals surface area contributed by atoms with Gasteiger partial charge in [0.15, 0.2) is 0 Å². The van der Waals surface area contributed by atoms with Gasteiger partial charge < -0.3 is 10.2 Å². The number of anilines is 1. The molecule has 1 N–H and O–H groups in total. The zero-order valence-corrected chi connectivity index (χ0v) is 16.3. The maximum Gasteiger partial charge on any atom is 0.226 e. The topological polar surface area (TPSA) is 32.3 Å². The Morgan fingerprint density at radius 2 is 1.72 bits per heavy atom. The maximum atomic E-state index is 13.2. The van der Waals surface area contributed by atoms with Crippen LogP contribution in [0.1, 0.15) is 44.9 Å². The second-order valence-electron chi connectivity index (χ2n) is 9.05. The fourth-order valence-corrected chi connectivity index (χ4v) is 7.07. The first-order valence-corrected chi connectivity index (χ1v) is 10.7. The Kier molecular flexibility index (Phi) is 3.88. The highest BCUT2D eigenvalue weighted by atomic mass is 79.9. The van der Waals surface area contributed by atoms with Gasteiger partial charge in [-0.15, -0.1) is 0 Å². The minimum Gasteiger partial charge on any atom is -0.368 e. The fraction of sp³-hybridized carbons (Fsp3) is 0.667. The molecule has 1 aliphatic heterocycles. The van der Waals surface area contributed by atoms with Gasteiger partial charge in [0.1, 0.15) is 0 Å². The summed E-state index contributed by atoms with van der Waals surface area (Å²) in [6.45, 7) is 1.95. The van der Waals surface area contributed by atoms with E-state index in [1.807, 2.05) is 0 Å². The maximum absolute atomic E-state index is 13.2. The van der Waals surface area contributed by atoms with E-state index in [-0.39, 0.29) is 5.41 Å². The SMILES string of the molecule is O=C(NC1CCN(c2ccccc2Br)C1)C12CC3CC(CC(C3)C1)C2. The van der Waals surface area contributed by atoms with Crippen molar-refractivity contribution in [2.75, 3.05) is 18.0 Å². The lowest BCUT2D eigenvalue weighted by Crippen LogP contribution is -2.55. The minimum atomic E-state index is -0.0184. The van der Waals surface area contributed by atoms with E-state index in [9.17, 15) is 4.79 Å². The summed E-state index contributed by atoms with van der Waals surface area (Å²) in [6, 6.07) is 8.69. The molecule has 4 aliphatic carbocycles. The van der Waals surface area contributed by atoms with Crippen molar-refractivity contribution in [3.8, 4) is 0 Å². The molecule has 134 valence electrons. The van der Waals surface area contributed by atoms with Gasteiger partial charge in [-0.25, -0.2) is 0 Å². The van der Waals surface area contributed by atoms with E-state index in [2.05, 4.69) is 50.4 Å². The molecule has 1 saturated heterocycles. The predicted molar refractivity (Wildman–Crippen MR) is 104 cm³/mol. The first kappa shape index (κ1) is 16.2. The predicted octanol–water partition coefficient (Wildman–Crippen LogP) is 4.36. The van der Waals surface area contributed by atoms with Gasteiger partial charge >= 0.3 is 0 Å². The summed E-state index contributed by atoms with van der Waals surface area (Å²) < 4.78 is 1.14. The van der Waals surface area contributed by atoms with Crippen molar-refractivity contribution in [1.29, 1.82) is 0 Å². The Labute approximate surface area is 158 Å². The van der Waals surface area contributed by atoms with Gasteiger partial charge in [-0.3, -0.25) is 4.79 Å². The molecule has 4 bridgehead atoms. The van der Waals surface area contributed by atoms with Crippen LogP contribution in [0.25, 0.3) is 0 Å². The summed E-state index contributed by atoms with van der Waals surface area (Å²) in [5.74, 6) is 2.87. The van der Waals surface area contributed by atoms with E-state index in [1.165, 1.54) is 24.9 Å². The Bertz CT molecular complexity index is 653. The zero-order valence-electron chi connectivity index (χ0n) is 14.7.